The van der Waals surface area contributed by atoms with E-state index in [9.17, 15) is 9.59 Å². The molecule has 4 N–H and O–H groups in total. The zero-order valence-electron chi connectivity index (χ0n) is 12.9. The quantitative estimate of drug-likeness (QED) is 0.627. The summed E-state index contributed by atoms with van der Waals surface area (Å²) in [4.78, 5) is 24.9. The minimum atomic E-state index is -0.489. The van der Waals surface area contributed by atoms with Crippen molar-refractivity contribution in [2.24, 2.45) is 5.73 Å². The predicted molar refractivity (Wildman–Crippen MR) is 90.0 cm³/mol. The van der Waals surface area contributed by atoms with Gasteiger partial charge in [0.05, 0.1) is 0 Å². The largest absolute Gasteiger partial charge is 0.484 e. The number of nitrogens with one attached hydrogen (secondary N) is 2. The van der Waals surface area contributed by atoms with E-state index in [0.717, 1.165) is 32.7 Å². The van der Waals surface area contributed by atoms with Gasteiger partial charge in [-0.05, 0) is 24.3 Å². The summed E-state index contributed by atoms with van der Waals surface area (Å²) in [6, 6.07) is 6.38. The molecule has 0 unspecified atom stereocenters. The second kappa shape index (κ2) is 10.0. The van der Waals surface area contributed by atoms with Crippen molar-refractivity contribution in [2.75, 3.05) is 45.9 Å². The molecule has 2 amide bonds. The fraction of sp³-hybridized carbons (Fsp3) is 0.467. The first-order valence-electron chi connectivity index (χ1n) is 7.37. The van der Waals surface area contributed by atoms with Gasteiger partial charge in [0.2, 0.25) is 5.91 Å². The van der Waals surface area contributed by atoms with E-state index in [1.165, 1.54) is 0 Å². The molecule has 0 radical (unpaired) electrons. The molecule has 1 aliphatic rings. The number of carbonyl (C=O) groups is 2. The first-order valence-corrected chi connectivity index (χ1v) is 7.37. The van der Waals surface area contributed by atoms with Crippen LogP contribution in [0.25, 0.3) is 0 Å². The van der Waals surface area contributed by atoms with Crippen molar-refractivity contribution in [3.63, 3.8) is 0 Å². The van der Waals surface area contributed by atoms with Crippen molar-refractivity contribution in [1.82, 2.24) is 15.5 Å². The van der Waals surface area contributed by atoms with Gasteiger partial charge in [0, 0.05) is 44.8 Å². The van der Waals surface area contributed by atoms with Gasteiger partial charge in [-0.2, -0.15) is 0 Å². The van der Waals surface area contributed by atoms with Gasteiger partial charge in [-0.1, -0.05) is 0 Å². The SMILES string of the molecule is Cl.NC(=O)c1ccc(OCC(=O)NCCN2CCNCC2)cc1. The van der Waals surface area contributed by atoms with Crippen LogP contribution in [0.3, 0.4) is 0 Å². The minimum Gasteiger partial charge on any atom is -0.484 e. The van der Waals surface area contributed by atoms with Crippen LogP contribution in [-0.4, -0.2) is 62.6 Å². The maximum Gasteiger partial charge on any atom is 0.257 e. The average Bonchev–Trinajstić information content (AvgIpc) is 2.54. The average molecular weight is 343 g/mol. The zero-order chi connectivity index (χ0) is 15.8. The van der Waals surface area contributed by atoms with Crippen LogP contribution in [0.1, 0.15) is 10.4 Å². The molecular weight excluding hydrogens is 320 g/mol. The first-order chi connectivity index (χ1) is 10.6. The summed E-state index contributed by atoms with van der Waals surface area (Å²) in [6.07, 6.45) is 0. The molecule has 0 saturated carbocycles. The molecule has 23 heavy (non-hydrogen) atoms. The van der Waals surface area contributed by atoms with Crippen LogP contribution in [0.2, 0.25) is 0 Å². The van der Waals surface area contributed by atoms with E-state index in [2.05, 4.69) is 15.5 Å². The fourth-order valence-electron chi connectivity index (χ4n) is 2.20. The Morgan fingerprint density at radius 2 is 1.87 bits per heavy atom. The van der Waals surface area contributed by atoms with E-state index in [1.807, 2.05) is 0 Å². The third kappa shape index (κ3) is 6.85. The Hall–Kier alpha value is -1.83. The molecule has 1 aliphatic heterocycles. The molecule has 1 saturated heterocycles. The van der Waals surface area contributed by atoms with E-state index in [-0.39, 0.29) is 24.9 Å². The van der Waals surface area contributed by atoms with Crippen LogP contribution in [0.5, 0.6) is 5.75 Å². The highest BCUT2D eigenvalue weighted by Gasteiger charge is 2.09. The van der Waals surface area contributed by atoms with Crippen LogP contribution in [0, 0.1) is 0 Å². The number of ether oxygens (including phenoxy) is 1. The predicted octanol–water partition coefficient (Wildman–Crippen LogP) is -0.392. The highest BCUT2D eigenvalue weighted by molar-refractivity contribution is 5.92. The Balaban J connectivity index is 0.00000264. The zero-order valence-corrected chi connectivity index (χ0v) is 13.7. The van der Waals surface area contributed by atoms with Crippen LogP contribution < -0.4 is 21.1 Å². The van der Waals surface area contributed by atoms with Gasteiger partial charge in [-0.3, -0.25) is 14.5 Å². The van der Waals surface area contributed by atoms with Crippen molar-refractivity contribution in [1.29, 1.82) is 0 Å². The monoisotopic (exact) mass is 342 g/mol. The summed E-state index contributed by atoms with van der Waals surface area (Å²) in [5, 5.41) is 6.12. The molecule has 0 aliphatic carbocycles. The number of halogens is 1. The van der Waals surface area contributed by atoms with E-state index in [1.54, 1.807) is 24.3 Å². The molecule has 8 heteroatoms. The van der Waals surface area contributed by atoms with E-state index in [0.29, 0.717) is 17.9 Å². The number of rotatable bonds is 7. The molecule has 1 aromatic carbocycles. The molecule has 1 heterocycles. The Bertz CT molecular complexity index is 504. The number of nitrogens with two attached hydrogens (primary N) is 1. The highest BCUT2D eigenvalue weighted by Crippen LogP contribution is 2.11. The number of carbonyl (C=O) groups excluding carboxylic acids is 2. The Morgan fingerprint density at radius 1 is 1.22 bits per heavy atom. The van der Waals surface area contributed by atoms with Gasteiger partial charge >= 0.3 is 0 Å². The van der Waals surface area contributed by atoms with Gasteiger partial charge in [0.25, 0.3) is 5.91 Å². The van der Waals surface area contributed by atoms with E-state index < -0.39 is 5.91 Å². The number of amides is 2. The lowest BCUT2D eigenvalue weighted by molar-refractivity contribution is -0.123. The second-order valence-corrected chi connectivity index (χ2v) is 5.12. The summed E-state index contributed by atoms with van der Waals surface area (Å²) in [5.41, 5.74) is 5.56. The lowest BCUT2D eigenvalue weighted by atomic mass is 10.2. The Labute approximate surface area is 141 Å². The number of nitrogens with zero attached hydrogens (tertiary/aromatic N) is 1. The maximum absolute atomic E-state index is 11.7. The molecule has 128 valence electrons. The van der Waals surface area contributed by atoms with Crippen molar-refractivity contribution in [2.45, 2.75) is 0 Å². The molecule has 1 fully saturated rings. The van der Waals surface area contributed by atoms with Crippen LogP contribution in [0.15, 0.2) is 24.3 Å². The Morgan fingerprint density at radius 3 is 2.48 bits per heavy atom. The molecule has 0 atom stereocenters. The number of piperazine rings is 1. The van der Waals surface area contributed by atoms with Crippen molar-refractivity contribution < 1.29 is 14.3 Å². The lowest BCUT2D eigenvalue weighted by Gasteiger charge is -2.27. The van der Waals surface area contributed by atoms with Crippen LogP contribution >= 0.6 is 12.4 Å². The van der Waals surface area contributed by atoms with Gasteiger partial charge in [0.15, 0.2) is 6.61 Å². The summed E-state index contributed by atoms with van der Waals surface area (Å²) in [5.74, 6) is -0.117. The fourth-order valence-corrected chi connectivity index (χ4v) is 2.20. The van der Waals surface area contributed by atoms with Gasteiger partial charge in [0.1, 0.15) is 5.75 Å². The molecule has 7 nitrogen and oxygen atoms in total. The Kier molecular flexibility index (Phi) is 8.39. The molecule has 0 bridgehead atoms. The number of hydrogen-bond donors (Lipinski definition) is 3. The molecular formula is C15H23ClN4O3. The van der Waals surface area contributed by atoms with Crippen LogP contribution in [0.4, 0.5) is 0 Å². The normalized spacial score (nSPS) is 14.6. The third-order valence-corrected chi connectivity index (χ3v) is 3.47. The molecule has 1 aromatic rings. The number of hydrogen-bond acceptors (Lipinski definition) is 5. The lowest BCUT2D eigenvalue weighted by Crippen LogP contribution is -2.46. The topological polar surface area (TPSA) is 96.7 Å². The smallest absolute Gasteiger partial charge is 0.257 e. The molecule has 0 spiro atoms. The van der Waals surface area contributed by atoms with E-state index in [4.69, 9.17) is 10.5 Å². The van der Waals surface area contributed by atoms with Gasteiger partial charge < -0.3 is 21.1 Å². The highest BCUT2D eigenvalue weighted by atomic mass is 35.5. The second-order valence-electron chi connectivity index (χ2n) is 5.12. The summed E-state index contributed by atoms with van der Waals surface area (Å²) in [6.45, 7) is 5.44. The summed E-state index contributed by atoms with van der Waals surface area (Å²) < 4.78 is 5.36. The first kappa shape index (κ1) is 19.2. The number of primary amides is 1. The van der Waals surface area contributed by atoms with Gasteiger partial charge in [-0.15, -0.1) is 12.4 Å². The van der Waals surface area contributed by atoms with Gasteiger partial charge in [-0.25, -0.2) is 0 Å². The third-order valence-electron chi connectivity index (χ3n) is 3.47. The summed E-state index contributed by atoms with van der Waals surface area (Å²) >= 11 is 0. The molecule has 0 aromatic heterocycles. The maximum atomic E-state index is 11.7. The van der Waals surface area contributed by atoms with Crippen molar-refractivity contribution in [3.8, 4) is 5.75 Å². The molecule has 2 rings (SSSR count). The van der Waals surface area contributed by atoms with Crippen LogP contribution in [-0.2, 0) is 4.79 Å². The van der Waals surface area contributed by atoms with Crippen molar-refractivity contribution in [3.05, 3.63) is 29.8 Å². The van der Waals surface area contributed by atoms with Crippen molar-refractivity contribution >= 4 is 24.2 Å². The summed E-state index contributed by atoms with van der Waals surface area (Å²) in [7, 11) is 0. The number of benzene rings is 1. The minimum absolute atomic E-state index is 0. The standard InChI is InChI=1S/C15H22N4O3.ClH/c16-15(21)12-1-3-13(4-2-12)22-11-14(20)18-7-10-19-8-5-17-6-9-19;/h1-4,17H,5-11H2,(H2,16,21)(H,18,20);1H. The van der Waals surface area contributed by atoms with E-state index >= 15 is 0 Å².